The first-order valence-electron chi connectivity index (χ1n) is 14.3. The molecule has 186 valence electrons. The number of carbonyl (C=O) groups excluding carboxylic acids is 1. The topological polar surface area (TPSA) is 26.3 Å². The Labute approximate surface area is 196 Å². The second-order valence-electron chi connectivity index (χ2n) is 10.1. The van der Waals surface area contributed by atoms with Crippen LogP contribution in [0, 0.1) is 11.8 Å². The molecule has 0 bridgehead atoms. The van der Waals surface area contributed by atoms with Gasteiger partial charge in [-0.25, -0.2) is 0 Å². The molecule has 0 aromatic heterocycles. The fourth-order valence-corrected chi connectivity index (χ4v) is 4.51. The van der Waals surface area contributed by atoms with E-state index in [-0.39, 0.29) is 11.9 Å². The van der Waals surface area contributed by atoms with Crippen molar-refractivity contribution in [3.63, 3.8) is 0 Å². The molecule has 2 nitrogen and oxygen atoms in total. The number of rotatable bonds is 24. The van der Waals surface area contributed by atoms with Crippen molar-refractivity contribution in [3.05, 3.63) is 0 Å². The minimum atomic E-state index is 0.0372. The fraction of sp³-hybridized carbons (Fsp3) is 0.966. The van der Waals surface area contributed by atoms with E-state index in [1.807, 2.05) is 0 Å². The van der Waals surface area contributed by atoms with Crippen LogP contribution in [0.4, 0.5) is 0 Å². The highest BCUT2D eigenvalue weighted by Gasteiger charge is 2.16. The summed E-state index contributed by atoms with van der Waals surface area (Å²) >= 11 is 0. The van der Waals surface area contributed by atoms with Gasteiger partial charge in [0.05, 0.1) is 12.5 Å². The summed E-state index contributed by atoms with van der Waals surface area (Å²) in [6, 6.07) is 0. The molecule has 0 aliphatic carbocycles. The molecule has 0 amide bonds. The molecule has 0 rings (SSSR count). The van der Waals surface area contributed by atoms with E-state index in [4.69, 9.17) is 4.74 Å². The summed E-state index contributed by atoms with van der Waals surface area (Å²) in [5.74, 6) is 0.666. The third-order valence-electron chi connectivity index (χ3n) is 6.77. The predicted molar refractivity (Wildman–Crippen MR) is 138 cm³/mol. The number of unbranched alkanes of at least 4 members (excludes halogenated alkanes) is 15. The second kappa shape index (κ2) is 24.1. The Morgan fingerprint density at radius 2 is 0.968 bits per heavy atom. The van der Waals surface area contributed by atoms with Crippen molar-refractivity contribution >= 4 is 5.97 Å². The van der Waals surface area contributed by atoms with Gasteiger partial charge in [0.2, 0.25) is 0 Å². The maximum absolute atomic E-state index is 12.4. The molecule has 2 heteroatoms. The first kappa shape index (κ1) is 30.5. The Hall–Kier alpha value is -0.530. The zero-order valence-electron chi connectivity index (χ0n) is 22.0. The molecule has 0 heterocycles. The second-order valence-corrected chi connectivity index (χ2v) is 10.1. The third-order valence-corrected chi connectivity index (χ3v) is 6.77. The van der Waals surface area contributed by atoms with Crippen LogP contribution in [-0.4, -0.2) is 12.6 Å². The average Bonchev–Trinajstić information content (AvgIpc) is 2.77. The summed E-state index contributed by atoms with van der Waals surface area (Å²) < 4.78 is 5.72. The number of hydrogen-bond acceptors (Lipinski definition) is 2. The Balaban J connectivity index is 3.65. The van der Waals surface area contributed by atoms with Gasteiger partial charge in [0.15, 0.2) is 0 Å². The lowest BCUT2D eigenvalue weighted by Crippen LogP contribution is -2.19. The molecule has 0 saturated carbocycles. The molecule has 0 spiro atoms. The molecule has 0 fully saturated rings. The highest BCUT2D eigenvalue weighted by Crippen LogP contribution is 2.19. The van der Waals surface area contributed by atoms with Gasteiger partial charge in [-0.15, -0.1) is 0 Å². The van der Waals surface area contributed by atoms with Crippen molar-refractivity contribution in [1.29, 1.82) is 0 Å². The van der Waals surface area contributed by atoms with E-state index in [2.05, 4.69) is 27.7 Å². The predicted octanol–water partition coefficient (Wildman–Crippen LogP) is 10.0. The summed E-state index contributed by atoms with van der Waals surface area (Å²) in [6.07, 6.45) is 27.6. The van der Waals surface area contributed by atoms with Gasteiger partial charge in [-0.3, -0.25) is 4.79 Å². The molecule has 0 aromatic carbocycles. The molecule has 2 atom stereocenters. The normalized spacial score (nSPS) is 13.3. The van der Waals surface area contributed by atoms with Crippen LogP contribution >= 0.6 is 0 Å². The van der Waals surface area contributed by atoms with Crippen LogP contribution in [-0.2, 0) is 9.53 Å². The quantitative estimate of drug-likeness (QED) is 0.111. The van der Waals surface area contributed by atoms with Gasteiger partial charge >= 0.3 is 5.97 Å². The molecule has 0 aromatic rings. The largest absolute Gasteiger partial charge is 0.465 e. The number of esters is 1. The van der Waals surface area contributed by atoms with Crippen LogP contribution in [0.3, 0.4) is 0 Å². The lowest BCUT2D eigenvalue weighted by atomic mass is 9.96. The van der Waals surface area contributed by atoms with Crippen molar-refractivity contribution in [2.24, 2.45) is 11.8 Å². The highest BCUT2D eigenvalue weighted by atomic mass is 16.5. The van der Waals surface area contributed by atoms with Gasteiger partial charge < -0.3 is 4.74 Å². The SMILES string of the molecule is CCCCCCCCCCCCCCC(C)C(=O)OCC(CCC)CCCCCCC. The smallest absolute Gasteiger partial charge is 0.308 e. The minimum Gasteiger partial charge on any atom is -0.465 e. The maximum Gasteiger partial charge on any atom is 0.308 e. The van der Waals surface area contributed by atoms with Gasteiger partial charge in [-0.05, 0) is 25.2 Å². The minimum absolute atomic E-state index is 0.0372. The Kier molecular flexibility index (Phi) is 23.7. The first-order chi connectivity index (χ1) is 15.2. The van der Waals surface area contributed by atoms with Gasteiger partial charge in [0, 0.05) is 0 Å². The van der Waals surface area contributed by atoms with Crippen LogP contribution in [0.15, 0.2) is 0 Å². The van der Waals surface area contributed by atoms with Crippen LogP contribution < -0.4 is 0 Å². The van der Waals surface area contributed by atoms with E-state index in [1.165, 1.54) is 128 Å². The molecule has 0 saturated heterocycles. The fourth-order valence-electron chi connectivity index (χ4n) is 4.51. The van der Waals surface area contributed by atoms with E-state index < -0.39 is 0 Å². The molecule has 0 aliphatic rings. The highest BCUT2D eigenvalue weighted by molar-refractivity contribution is 5.71. The molecular formula is C29H58O2. The van der Waals surface area contributed by atoms with Crippen LogP contribution in [0.2, 0.25) is 0 Å². The number of ether oxygens (including phenoxy) is 1. The van der Waals surface area contributed by atoms with Crippen molar-refractivity contribution in [2.75, 3.05) is 6.61 Å². The van der Waals surface area contributed by atoms with Gasteiger partial charge in [-0.1, -0.05) is 143 Å². The van der Waals surface area contributed by atoms with Crippen molar-refractivity contribution in [3.8, 4) is 0 Å². The Morgan fingerprint density at radius 3 is 1.42 bits per heavy atom. The van der Waals surface area contributed by atoms with E-state index >= 15 is 0 Å². The van der Waals surface area contributed by atoms with Gasteiger partial charge in [0.25, 0.3) is 0 Å². The maximum atomic E-state index is 12.4. The van der Waals surface area contributed by atoms with Crippen LogP contribution in [0.1, 0.15) is 163 Å². The summed E-state index contributed by atoms with van der Waals surface area (Å²) in [6.45, 7) is 9.48. The van der Waals surface area contributed by atoms with Gasteiger partial charge in [0.1, 0.15) is 0 Å². The molecule has 2 unspecified atom stereocenters. The average molecular weight is 439 g/mol. The summed E-state index contributed by atoms with van der Waals surface area (Å²) in [4.78, 5) is 12.4. The zero-order chi connectivity index (χ0) is 23.0. The Bertz CT molecular complexity index is 366. The summed E-state index contributed by atoms with van der Waals surface area (Å²) in [5, 5.41) is 0. The van der Waals surface area contributed by atoms with E-state index in [0.717, 1.165) is 6.42 Å². The lowest BCUT2D eigenvalue weighted by Gasteiger charge is -2.18. The standard InChI is InChI=1S/C29H58O2/c1-5-8-10-12-13-14-15-16-17-18-20-21-24-27(4)29(30)31-26-28(23-7-3)25-22-19-11-9-6-2/h27-28H,5-26H2,1-4H3. The van der Waals surface area contributed by atoms with Crippen molar-refractivity contribution in [2.45, 2.75) is 163 Å². The first-order valence-corrected chi connectivity index (χ1v) is 14.3. The summed E-state index contributed by atoms with van der Waals surface area (Å²) in [7, 11) is 0. The van der Waals surface area contributed by atoms with E-state index in [9.17, 15) is 4.79 Å². The lowest BCUT2D eigenvalue weighted by molar-refractivity contribution is -0.149. The molecule has 0 aliphatic heterocycles. The van der Waals surface area contributed by atoms with Crippen molar-refractivity contribution in [1.82, 2.24) is 0 Å². The van der Waals surface area contributed by atoms with Crippen molar-refractivity contribution < 1.29 is 9.53 Å². The zero-order valence-corrected chi connectivity index (χ0v) is 22.0. The monoisotopic (exact) mass is 438 g/mol. The molecule has 31 heavy (non-hydrogen) atoms. The summed E-state index contributed by atoms with van der Waals surface area (Å²) in [5.41, 5.74) is 0. The molecule has 0 N–H and O–H groups in total. The van der Waals surface area contributed by atoms with E-state index in [1.54, 1.807) is 0 Å². The van der Waals surface area contributed by atoms with Crippen LogP contribution in [0.25, 0.3) is 0 Å². The Morgan fingerprint density at radius 1 is 0.548 bits per heavy atom. The third kappa shape index (κ3) is 21.1. The van der Waals surface area contributed by atoms with Gasteiger partial charge in [-0.2, -0.15) is 0 Å². The number of carbonyl (C=O) groups is 1. The van der Waals surface area contributed by atoms with E-state index in [0.29, 0.717) is 12.5 Å². The number of hydrogen-bond donors (Lipinski definition) is 0. The molecular weight excluding hydrogens is 380 g/mol. The van der Waals surface area contributed by atoms with Crippen LogP contribution in [0.5, 0.6) is 0 Å². The molecule has 0 radical (unpaired) electrons.